The summed E-state index contributed by atoms with van der Waals surface area (Å²) in [6.45, 7) is 11.5. The molecular formula is C13H27NO. The van der Waals surface area contributed by atoms with E-state index in [1.54, 1.807) is 0 Å². The Kier molecular flexibility index (Phi) is 7.45. The molecule has 2 heteroatoms. The molecule has 1 amide bonds. The maximum atomic E-state index is 11.9. The fourth-order valence-corrected chi connectivity index (χ4v) is 2.08. The van der Waals surface area contributed by atoms with Gasteiger partial charge in [-0.05, 0) is 18.3 Å². The van der Waals surface area contributed by atoms with Crippen LogP contribution in [0.4, 0.5) is 0 Å². The summed E-state index contributed by atoms with van der Waals surface area (Å²) in [7, 11) is 0. The molecule has 0 aromatic rings. The highest BCUT2D eigenvalue weighted by molar-refractivity contribution is 5.79. The van der Waals surface area contributed by atoms with Crippen LogP contribution in [0.5, 0.6) is 0 Å². The standard InChI is InChI=1S/C13H27NO/c1-6-7-8-9-14-13(15)12(10(2)3)11(4)5/h10-12H,6-9H2,1-5H3,(H,14,15). The first-order valence-corrected chi connectivity index (χ1v) is 6.28. The van der Waals surface area contributed by atoms with E-state index in [-0.39, 0.29) is 11.8 Å². The van der Waals surface area contributed by atoms with Crippen LogP contribution in [0.2, 0.25) is 0 Å². The van der Waals surface area contributed by atoms with Gasteiger partial charge in [0.15, 0.2) is 0 Å². The van der Waals surface area contributed by atoms with E-state index < -0.39 is 0 Å². The van der Waals surface area contributed by atoms with Crippen LogP contribution >= 0.6 is 0 Å². The average molecular weight is 213 g/mol. The van der Waals surface area contributed by atoms with Crippen LogP contribution in [0.15, 0.2) is 0 Å². The lowest BCUT2D eigenvalue weighted by Gasteiger charge is -2.23. The number of rotatable bonds is 7. The number of nitrogens with one attached hydrogen (secondary N) is 1. The first kappa shape index (κ1) is 14.5. The molecule has 0 aliphatic rings. The Morgan fingerprint density at radius 1 is 1.07 bits per heavy atom. The van der Waals surface area contributed by atoms with Crippen LogP contribution in [-0.2, 0) is 4.79 Å². The Balaban J connectivity index is 3.93. The maximum Gasteiger partial charge on any atom is 0.223 e. The summed E-state index contributed by atoms with van der Waals surface area (Å²) in [5.74, 6) is 1.25. The molecular weight excluding hydrogens is 186 g/mol. The Morgan fingerprint density at radius 2 is 1.60 bits per heavy atom. The van der Waals surface area contributed by atoms with Gasteiger partial charge in [0.25, 0.3) is 0 Å². The van der Waals surface area contributed by atoms with E-state index in [0.29, 0.717) is 11.8 Å². The van der Waals surface area contributed by atoms with Crippen molar-refractivity contribution in [2.24, 2.45) is 17.8 Å². The molecule has 0 saturated heterocycles. The van der Waals surface area contributed by atoms with E-state index in [4.69, 9.17) is 0 Å². The second kappa shape index (κ2) is 7.72. The Morgan fingerprint density at radius 3 is 2.00 bits per heavy atom. The third-order valence-electron chi connectivity index (χ3n) is 2.82. The van der Waals surface area contributed by atoms with Crippen molar-refractivity contribution >= 4 is 5.91 Å². The van der Waals surface area contributed by atoms with Gasteiger partial charge in [-0.15, -0.1) is 0 Å². The number of unbranched alkanes of at least 4 members (excludes halogenated alkanes) is 2. The van der Waals surface area contributed by atoms with Gasteiger partial charge in [0.05, 0.1) is 0 Å². The summed E-state index contributed by atoms with van der Waals surface area (Å²) in [5.41, 5.74) is 0. The molecule has 15 heavy (non-hydrogen) atoms. The monoisotopic (exact) mass is 213 g/mol. The number of carbonyl (C=O) groups is 1. The SMILES string of the molecule is CCCCCNC(=O)C(C(C)C)C(C)C. The summed E-state index contributed by atoms with van der Waals surface area (Å²) in [6, 6.07) is 0. The van der Waals surface area contributed by atoms with E-state index in [9.17, 15) is 4.79 Å². The van der Waals surface area contributed by atoms with Gasteiger partial charge in [-0.2, -0.15) is 0 Å². The van der Waals surface area contributed by atoms with Crippen molar-refractivity contribution in [2.45, 2.75) is 53.9 Å². The van der Waals surface area contributed by atoms with Gasteiger partial charge in [0.1, 0.15) is 0 Å². The lowest BCUT2D eigenvalue weighted by atomic mass is 9.85. The molecule has 0 unspecified atom stereocenters. The molecule has 2 nitrogen and oxygen atoms in total. The first-order chi connectivity index (χ1) is 7.00. The smallest absolute Gasteiger partial charge is 0.223 e. The van der Waals surface area contributed by atoms with Gasteiger partial charge < -0.3 is 5.32 Å². The molecule has 0 rings (SSSR count). The second-order valence-corrected chi connectivity index (χ2v) is 5.01. The summed E-state index contributed by atoms with van der Waals surface area (Å²) in [6.07, 6.45) is 3.51. The van der Waals surface area contributed by atoms with Crippen LogP contribution in [0.1, 0.15) is 53.9 Å². The van der Waals surface area contributed by atoms with Crippen LogP contribution < -0.4 is 5.32 Å². The molecule has 0 aromatic heterocycles. The van der Waals surface area contributed by atoms with Crippen LogP contribution in [0.3, 0.4) is 0 Å². The largest absolute Gasteiger partial charge is 0.356 e. The first-order valence-electron chi connectivity index (χ1n) is 6.28. The molecule has 0 radical (unpaired) electrons. The molecule has 0 aliphatic carbocycles. The molecule has 0 bridgehead atoms. The number of hydrogen-bond acceptors (Lipinski definition) is 1. The highest BCUT2D eigenvalue weighted by Gasteiger charge is 2.24. The number of carbonyl (C=O) groups excluding carboxylic acids is 1. The summed E-state index contributed by atoms with van der Waals surface area (Å²) in [5, 5.41) is 3.04. The minimum absolute atomic E-state index is 0.159. The van der Waals surface area contributed by atoms with E-state index in [0.717, 1.165) is 13.0 Å². The van der Waals surface area contributed by atoms with E-state index in [2.05, 4.69) is 39.9 Å². The fraction of sp³-hybridized carbons (Fsp3) is 0.923. The fourth-order valence-electron chi connectivity index (χ4n) is 2.08. The van der Waals surface area contributed by atoms with Gasteiger partial charge >= 0.3 is 0 Å². The molecule has 1 N–H and O–H groups in total. The molecule has 90 valence electrons. The minimum atomic E-state index is 0.159. The summed E-state index contributed by atoms with van der Waals surface area (Å²) < 4.78 is 0. The van der Waals surface area contributed by atoms with Gasteiger partial charge in [0, 0.05) is 12.5 Å². The van der Waals surface area contributed by atoms with Gasteiger partial charge in [0.2, 0.25) is 5.91 Å². The van der Waals surface area contributed by atoms with Crippen molar-refractivity contribution in [3.8, 4) is 0 Å². The Labute approximate surface area is 94.8 Å². The third-order valence-corrected chi connectivity index (χ3v) is 2.82. The highest BCUT2D eigenvalue weighted by atomic mass is 16.1. The van der Waals surface area contributed by atoms with E-state index >= 15 is 0 Å². The van der Waals surface area contributed by atoms with Gasteiger partial charge in [-0.1, -0.05) is 47.5 Å². The summed E-state index contributed by atoms with van der Waals surface area (Å²) in [4.78, 5) is 11.9. The van der Waals surface area contributed by atoms with Crippen LogP contribution in [-0.4, -0.2) is 12.5 Å². The Hall–Kier alpha value is -0.530. The normalized spacial score (nSPS) is 11.5. The topological polar surface area (TPSA) is 29.1 Å². The maximum absolute atomic E-state index is 11.9. The molecule has 0 saturated carbocycles. The van der Waals surface area contributed by atoms with E-state index in [1.165, 1.54) is 12.8 Å². The molecule has 0 aliphatic heterocycles. The minimum Gasteiger partial charge on any atom is -0.356 e. The van der Waals surface area contributed by atoms with E-state index in [1.807, 2.05) is 0 Å². The molecule has 0 heterocycles. The zero-order valence-corrected chi connectivity index (χ0v) is 11.0. The quantitative estimate of drug-likeness (QED) is 0.646. The number of amides is 1. The zero-order chi connectivity index (χ0) is 11.8. The van der Waals surface area contributed by atoms with Crippen LogP contribution in [0, 0.1) is 17.8 Å². The average Bonchev–Trinajstić information content (AvgIpc) is 2.11. The molecule has 0 fully saturated rings. The molecule has 0 atom stereocenters. The third kappa shape index (κ3) is 5.81. The van der Waals surface area contributed by atoms with Gasteiger partial charge in [-0.3, -0.25) is 4.79 Å². The van der Waals surface area contributed by atoms with Crippen molar-refractivity contribution in [3.05, 3.63) is 0 Å². The van der Waals surface area contributed by atoms with Crippen molar-refractivity contribution < 1.29 is 4.79 Å². The molecule has 0 spiro atoms. The lowest BCUT2D eigenvalue weighted by Crippen LogP contribution is -2.36. The predicted molar refractivity (Wildman–Crippen MR) is 65.7 cm³/mol. The van der Waals surface area contributed by atoms with Gasteiger partial charge in [-0.25, -0.2) is 0 Å². The van der Waals surface area contributed by atoms with Crippen LogP contribution in [0.25, 0.3) is 0 Å². The molecule has 0 aromatic carbocycles. The zero-order valence-electron chi connectivity index (χ0n) is 11.0. The predicted octanol–water partition coefficient (Wildman–Crippen LogP) is 3.22. The summed E-state index contributed by atoms with van der Waals surface area (Å²) >= 11 is 0. The van der Waals surface area contributed by atoms with Crippen molar-refractivity contribution in [1.29, 1.82) is 0 Å². The second-order valence-electron chi connectivity index (χ2n) is 5.01. The lowest BCUT2D eigenvalue weighted by molar-refractivity contribution is -0.127. The number of hydrogen-bond donors (Lipinski definition) is 1. The van der Waals surface area contributed by atoms with Crippen molar-refractivity contribution in [2.75, 3.05) is 6.54 Å². The Bertz CT molecular complexity index is 167. The van der Waals surface area contributed by atoms with Crippen molar-refractivity contribution in [3.63, 3.8) is 0 Å². The highest BCUT2D eigenvalue weighted by Crippen LogP contribution is 2.20. The van der Waals surface area contributed by atoms with Crippen molar-refractivity contribution in [1.82, 2.24) is 5.32 Å².